The van der Waals surface area contributed by atoms with Crippen molar-refractivity contribution < 1.29 is 4.74 Å². The third kappa shape index (κ3) is 4.92. The van der Waals surface area contributed by atoms with E-state index in [1.807, 2.05) is 22.7 Å². The molecule has 0 atom stereocenters. The number of ether oxygens (including phenoxy) is 1. The van der Waals surface area contributed by atoms with Crippen molar-refractivity contribution in [3.63, 3.8) is 0 Å². The van der Waals surface area contributed by atoms with Gasteiger partial charge in [0, 0.05) is 0 Å². The van der Waals surface area contributed by atoms with E-state index in [4.69, 9.17) is 12.7 Å². The summed E-state index contributed by atoms with van der Waals surface area (Å²) in [4.78, 5) is 5.40. The topological polar surface area (TPSA) is 35.0 Å². The van der Waals surface area contributed by atoms with Gasteiger partial charge in [0.05, 0.1) is 0 Å². The van der Waals surface area contributed by atoms with Crippen LogP contribution < -0.4 is 4.74 Å². The fourth-order valence-electron chi connectivity index (χ4n) is 5.39. The number of fused-ring (bicyclic) bond motifs is 4. The maximum atomic E-state index is 7.13. The van der Waals surface area contributed by atoms with Crippen LogP contribution in [-0.4, -0.2) is 22.9 Å². The van der Waals surface area contributed by atoms with Gasteiger partial charge in [0.2, 0.25) is 0 Å². The van der Waals surface area contributed by atoms with Gasteiger partial charge in [-0.3, -0.25) is 0 Å². The molecule has 35 heavy (non-hydrogen) atoms. The third-order valence-electron chi connectivity index (χ3n) is 7.31. The number of aryl methyl sites for hydroxylation is 2. The predicted octanol–water partition coefficient (Wildman–Crippen LogP) is 9.29. The predicted molar refractivity (Wildman–Crippen MR) is 152 cm³/mol. The van der Waals surface area contributed by atoms with Gasteiger partial charge in [-0.1, -0.05) is 26.7 Å². The Hall–Kier alpha value is -1.46. The summed E-state index contributed by atoms with van der Waals surface area (Å²) in [6.07, 6.45) is 12.4. The monoisotopic (exact) mass is 572 g/mol. The Bertz CT molecular complexity index is 1290. The van der Waals surface area contributed by atoms with Crippen molar-refractivity contribution in [2.75, 3.05) is 0 Å². The number of hydrogen-bond acceptors (Lipinski definition) is 5. The molecule has 6 heteroatoms. The van der Waals surface area contributed by atoms with Crippen molar-refractivity contribution in [2.24, 2.45) is 0 Å². The van der Waals surface area contributed by atoms with E-state index in [1.54, 1.807) is 0 Å². The summed E-state index contributed by atoms with van der Waals surface area (Å²) in [6, 6.07) is 9.16. The Balaban J connectivity index is 1.55. The molecule has 1 aromatic carbocycles. The maximum absolute atomic E-state index is 7.13. The molecule has 0 saturated carbocycles. The zero-order chi connectivity index (χ0) is 24.4. The molecule has 4 aromatic rings. The molecule has 0 aliphatic carbocycles. The number of unbranched alkanes of at least 4 members (excludes halogenated alkanes) is 6. The van der Waals surface area contributed by atoms with Crippen LogP contribution in [0, 0.1) is 13.8 Å². The Labute approximate surface area is 224 Å². The summed E-state index contributed by atoms with van der Waals surface area (Å²) in [5.74, 6) is 1.08. The molecule has 0 saturated heterocycles. The van der Waals surface area contributed by atoms with Gasteiger partial charge in [-0.2, -0.15) is 0 Å². The van der Waals surface area contributed by atoms with Crippen LogP contribution in [-0.2, 0) is 5.60 Å². The van der Waals surface area contributed by atoms with E-state index in [2.05, 4.69) is 52.0 Å². The summed E-state index contributed by atoms with van der Waals surface area (Å²) in [5, 5.41) is 0. The molecule has 186 valence electrons. The van der Waals surface area contributed by atoms with Crippen LogP contribution in [0.4, 0.5) is 0 Å². The molecule has 3 nitrogen and oxygen atoms in total. The van der Waals surface area contributed by atoms with Crippen LogP contribution in [0.25, 0.3) is 31.2 Å². The molecule has 0 spiro atoms. The Morgan fingerprint density at radius 3 is 2.26 bits per heavy atom. The first-order valence-electron chi connectivity index (χ1n) is 13.2. The SMILES string of the molecule is CCCCCCC1(CCCCCC)Oc2cc(-c3ccc(C)c4n[se]nc34)sc2-c2sc(C)cc21. The molecule has 0 fully saturated rings. The van der Waals surface area contributed by atoms with E-state index in [9.17, 15) is 0 Å². The molecule has 4 heterocycles. The number of rotatable bonds is 11. The molecule has 0 unspecified atom stereocenters. The molecule has 0 N–H and O–H groups in total. The molecule has 0 radical (unpaired) electrons. The first kappa shape index (κ1) is 25.2. The Morgan fingerprint density at radius 2 is 1.54 bits per heavy atom. The number of nitrogens with zero attached hydrogens (tertiary/aromatic N) is 2. The fourth-order valence-corrected chi connectivity index (χ4v) is 9.05. The second-order valence-electron chi connectivity index (χ2n) is 10.0. The van der Waals surface area contributed by atoms with Crippen LogP contribution >= 0.6 is 22.7 Å². The number of thiophene rings is 2. The zero-order valence-corrected chi connectivity index (χ0v) is 24.8. The van der Waals surface area contributed by atoms with Gasteiger partial charge in [0.15, 0.2) is 0 Å². The van der Waals surface area contributed by atoms with Crippen molar-refractivity contribution in [2.45, 2.75) is 97.5 Å². The molecule has 0 amide bonds. The van der Waals surface area contributed by atoms with E-state index in [0.717, 1.165) is 29.6 Å². The van der Waals surface area contributed by atoms with E-state index < -0.39 is 0 Å². The van der Waals surface area contributed by atoms with E-state index in [0.29, 0.717) is 0 Å². The van der Waals surface area contributed by atoms with Gasteiger partial charge in [0.1, 0.15) is 0 Å². The van der Waals surface area contributed by atoms with Gasteiger partial charge in [-0.25, -0.2) is 0 Å². The van der Waals surface area contributed by atoms with Crippen LogP contribution in [0.2, 0.25) is 0 Å². The molecule has 3 aromatic heterocycles. The normalized spacial score (nSPS) is 14.2. The van der Waals surface area contributed by atoms with Crippen molar-refractivity contribution >= 4 is 48.7 Å². The van der Waals surface area contributed by atoms with Gasteiger partial charge in [0.25, 0.3) is 0 Å². The van der Waals surface area contributed by atoms with Crippen molar-refractivity contribution in [1.82, 2.24) is 7.96 Å². The summed E-state index contributed by atoms with van der Waals surface area (Å²) in [5.41, 5.74) is 5.86. The van der Waals surface area contributed by atoms with Gasteiger partial charge in [-0.05, 0) is 0 Å². The zero-order valence-electron chi connectivity index (χ0n) is 21.4. The van der Waals surface area contributed by atoms with Crippen molar-refractivity contribution in [1.29, 1.82) is 0 Å². The molecule has 1 aliphatic rings. The van der Waals surface area contributed by atoms with Gasteiger partial charge in [-0.15, -0.1) is 0 Å². The van der Waals surface area contributed by atoms with Crippen molar-refractivity contribution in [3.8, 4) is 25.9 Å². The third-order valence-corrected chi connectivity index (χ3v) is 10.8. The summed E-state index contributed by atoms with van der Waals surface area (Å²) >= 11 is 3.80. The summed E-state index contributed by atoms with van der Waals surface area (Å²) < 4.78 is 16.6. The summed E-state index contributed by atoms with van der Waals surface area (Å²) in [7, 11) is 0. The van der Waals surface area contributed by atoms with E-state index in [-0.39, 0.29) is 20.6 Å². The van der Waals surface area contributed by atoms with Crippen molar-refractivity contribution in [3.05, 3.63) is 40.3 Å². The van der Waals surface area contributed by atoms with Crippen LogP contribution in [0.5, 0.6) is 5.75 Å². The van der Waals surface area contributed by atoms with Crippen LogP contribution in [0.3, 0.4) is 0 Å². The van der Waals surface area contributed by atoms with Crippen LogP contribution in [0.15, 0.2) is 24.3 Å². The number of hydrogen-bond donors (Lipinski definition) is 0. The second kappa shape index (κ2) is 10.9. The minimum atomic E-state index is -0.190. The average molecular weight is 572 g/mol. The molecule has 0 bridgehead atoms. The first-order chi connectivity index (χ1) is 17.1. The number of benzene rings is 1. The van der Waals surface area contributed by atoms with Gasteiger partial charge >= 0.3 is 198 Å². The number of aromatic nitrogens is 2. The first-order valence-corrected chi connectivity index (χ1v) is 16.4. The Morgan fingerprint density at radius 1 is 0.829 bits per heavy atom. The second-order valence-corrected chi connectivity index (χ2v) is 13.4. The summed E-state index contributed by atoms with van der Waals surface area (Å²) in [6.45, 7) is 8.97. The molecule has 1 aliphatic heterocycles. The fraction of sp³-hybridized carbons (Fsp3) is 0.517. The minimum absolute atomic E-state index is 0.0270. The van der Waals surface area contributed by atoms with Crippen LogP contribution in [0.1, 0.15) is 94.1 Å². The standard InChI is InChI=1S/C29H36N2OS2Se/c1-5-7-9-11-15-29(16-12-10-8-6-2)22-17-20(4)33-27(22)28-23(32-29)18-24(34-28)21-14-13-19(3)25-26(21)31-35-30-25/h13-14,17-18H,5-12,15-16H2,1-4H3. The van der Waals surface area contributed by atoms with Gasteiger partial charge < -0.3 is 0 Å². The molecular formula is C29H36N2OS2Se. The Kier molecular flexibility index (Phi) is 7.83. The van der Waals surface area contributed by atoms with E-state index >= 15 is 0 Å². The molecule has 5 rings (SSSR count). The molecular weight excluding hydrogens is 535 g/mol. The quantitative estimate of drug-likeness (QED) is 0.133. The van der Waals surface area contributed by atoms with E-state index in [1.165, 1.54) is 87.6 Å². The average Bonchev–Trinajstić information content (AvgIpc) is 3.58.